The first-order chi connectivity index (χ1) is 6.99. The highest BCUT2D eigenvalue weighted by Gasteiger charge is 2.27. The zero-order chi connectivity index (χ0) is 11.4. The Morgan fingerprint density at radius 2 is 2.13 bits per heavy atom. The molecular formula is C11H19NO3. The summed E-state index contributed by atoms with van der Waals surface area (Å²) >= 11 is 0. The summed E-state index contributed by atoms with van der Waals surface area (Å²) in [6.45, 7) is 6.72. The Bertz CT molecular complexity index is 250. The molecule has 1 aliphatic rings. The van der Waals surface area contributed by atoms with Crippen molar-refractivity contribution in [1.82, 2.24) is 4.90 Å². The maximum atomic E-state index is 11.7. The summed E-state index contributed by atoms with van der Waals surface area (Å²) in [6, 6.07) is 0. The van der Waals surface area contributed by atoms with Crippen molar-refractivity contribution in [3.05, 3.63) is 0 Å². The average molecular weight is 213 g/mol. The van der Waals surface area contributed by atoms with E-state index in [1.807, 2.05) is 13.8 Å². The molecule has 4 heteroatoms. The largest absolute Gasteiger partial charge is 0.461 e. The molecule has 0 aromatic heterocycles. The van der Waals surface area contributed by atoms with Gasteiger partial charge in [-0.2, -0.15) is 0 Å². The molecule has 1 amide bonds. The van der Waals surface area contributed by atoms with E-state index in [1.54, 1.807) is 4.90 Å². The molecule has 1 heterocycles. The molecule has 4 nitrogen and oxygen atoms in total. The lowest BCUT2D eigenvalue weighted by atomic mass is 10.1. The molecule has 0 spiro atoms. The van der Waals surface area contributed by atoms with Crippen molar-refractivity contribution in [2.24, 2.45) is 5.92 Å². The van der Waals surface area contributed by atoms with Gasteiger partial charge in [0.05, 0.1) is 6.54 Å². The molecule has 1 rings (SSSR count). The van der Waals surface area contributed by atoms with Crippen LogP contribution in [0, 0.1) is 5.92 Å². The molecule has 0 saturated carbocycles. The third kappa shape index (κ3) is 3.90. The lowest BCUT2D eigenvalue weighted by Gasteiger charge is -2.17. The Labute approximate surface area is 90.6 Å². The lowest BCUT2D eigenvalue weighted by molar-refractivity contribution is -0.146. The van der Waals surface area contributed by atoms with Crippen molar-refractivity contribution in [2.45, 2.75) is 39.7 Å². The van der Waals surface area contributed by atoms with E-state index in [0.717, 1.165) is 6.42 Å². The topological polar surface area (TPSA) is 46.6 Å². The number of amides is 1. The second kappa shape index (κ2) is 5.14. The van der Waals surface area contributed by atoms with Gasteiger partial charge in [-0.25, -0.2) is 0 Å². The van der Waals surface area contributed by atoms with Crippen LogP contribution in [0.4, 0.5) is 0 Å². The molecule has 1 unspecified atom stereocenters. The van der Waals surface area contributed by atoms with Gasteiger partial charge in [-0.1, -0.05) is 13.8 Å². The Morgan fingerprint density at radius 3 is 2.67 bits per heavy atom. The van der Waals surface area contributed by atoms with Gasteiger partial charge in [-0.05, 0) is 5.92 Å². The highest BCUT2D eigenvalue weighted by atomic mass is 16.5. The summed E-state index contributed by atoms with van der Waals surface area (Å²) in [5.41, 5.74) is 0. The highest BCUT2D eigenvalue weighted by molar-refractivity contribution is 5.76. The number of nitrogens with zero attached hydrogens (tertiary/aromatic N) is 1. The number of rotatable bonds is 3. The van der Waals surface area contributed by atoms with Crippen molar-refractivity contribution < 1.29 is 14.3 Å². The number of ether oxygens (including phenoxy) is 1. The van der Waals surface area contributed by atoms with Crippen LogP contribution in [-0.2, 0) is 14.3 Å². The summed E-state index contributed by atoms with van der Waals surface area (Å²) in [7, 11) is 0. The van der Waals surface area contributed by atoms with Gasteiger partial charge in [0.2, 0.25) is 5.91 Å². The van der Waals surface area contributed by atoms with Gasteiger partial charge in [0.15, 0.2) is 0 Å². The predicted molar refractivity (Wildman–Crippen MR) is 56.2 cm³/mol. The first-order valence-corrected chi connectivity index (χ1v) is 5.44. The number of carbonyl (C=O) groups is 2. The standard InChI is InChI=1S/C11H19NO3/c1-8(2)6-11(14)12-5-4-10(7-12)15-9(3)13/h8,10H,4-7H2,1-3H3. The van der Waals surface area contributed by atoms with E-state index in [1.165, 1.54) is 6.92 Å². The van der Waals surface area contributed by atoms with Crippen LogP contribution in [-0.4, -0.2) is 36.0 Å². The fourth-order valence-corrected chi connectivity index (χ4v) is 1.76. The summed E-state index contributed by atoms with van der Waals surface area (Å²) in [6.07, 6.45) is 1.24. The fraction of sp³-hybridized carbons (Fsp3) is 0.818. The Morgan fingerprint density at radius 1 is 1.47 bits per heavy atom. The third-order valence-electron chi connectivity index (χ3n) is 2.41. The number of hydrogen-bond donors (Lipinski definition) is 0. The van der Waals surface area contributed by atoms with Crippen LogP contribution in [0.15, 0.2) is 0 Å². The molecule has 1 fully saturated rings. The van der Waals surface area contributed by atoms with Gasteiger partial charge in [-0.15, -0.1) is 0 Å². The second-order valence-corrected chi connectivity index (χ2v) is 4.46. The smallest absolute Gasteiger partial charge is 0.302 e. The van der Waals surface area contributed by atoms with E-state index in [4.69, 9.17) is 4.74 Å². The highest BCUT2D eigenvalue weighted by Crippen LogP contribution is 2.15. The van der Waals surface area contributed by atoms with Gasteiger partial charge in [0.1, 0.15) is 6.10 Å². The Balaban J connectivity index is 2.35. The average Bonchev–Trinajstić information content (AvgIpc) is 2.50. The third-order valence-corrected chi connectivity index (χ3v) is 2.41. The Hall–Kier alpha value is -1.06. The summed E-state index contributed by atoms with van der Waals surface area (Å²) in [4.78, 5) is 24.2. The van der Waals surface area contributed by atoms with Crippen LogP contribution < -0.4 is 0 Å². The molecule has 0 aliphatic carbocycles. The van der Waals surface area contributed by atoms with Crippen LogP contribution in [0.2, 0.25) is 0 Å². The quantitative estimate of drug-likeness (QED) is 0.662. The number of esters is 1. The predicted octanol–water partition coefficient (Wildman–Crippen LogP) is 1.20. The van der Waals surface area contributed by atoms with Crippen LogP contribution in [0.5, 0.6) is 0 Å². The zero-order valence-electron chi connectivity index (χ0n) is 9.66. The molecular weight excluding hydrogens is 194 g/mol. The molecule has 15 heavy (non-hydrogen) atoms. The molecule has 1 aliphatic heterocycles. The van der Waals surface area contributed by atoms with E-state index in [9.17, 15) is 9.59 Å². The Kier molecular flexibility index (Phi) is 4.12. The van der Waals surface area contributed by atoms with Gasteiger partial charge in [-0.3, -0.25) is 9.59 Å². The fourth-order valence-electron chi connectivity index (χ4n) is 1.76. The van der Waals surface area contributed by atoms with Crippen LogP contribution in [0.3, 0.4) is 0 Å². The SMILES string of the molecule is CC(=O)OC1CCN(C(=O)CC(C)C)C1. The molecule has 0 radical (unpaired) electrons. The second-order valence-electron chi connectivity index (χ2n) is 4.46. The van der Waals surface area contributed by atoms with Crippen molar-refractivity contribution in [2.75, 3.05) is 13.1 Å². The van der Waals surface area contributed by atoms with Gasteiger partial charge in [0.25, 0.3) is 0 Å². The normalized spacial score (nSPS) is 20.8. The van der Waals surface area contributed by atoms with Crippen LogP contribution in [0.1, 0.15) is 33.6 Å². The van der Waals surface area contributed by atoms with Crippen molar-refractivity contribution >= 4 is 11.9 Å². The molecule has 0 bridgehead atoms. The molecule has 1 saturated heterocycles. The minimum absolute atomic E-state index is 0.0985. The van der Waals surface area contributed by atoms with E-state index in [0.29, 0.717) is 25.4 Å². The van der Waals surface area contributed by atoms with Crippen LogP contribution in [0.25, 0.3) is 0 Å². The first-order valence-electron chi connectivity index (χ1n) is 5.44. The number of carbonyl (C=O) groups excluding carboxylic acids is 2. The molecule has 86 valence electrons. The maximum Gasteiger partial charge on any atom is 0.302 e. The van der Waals surface area contributed by atoms with E-state index >= 15 is 0 Å². The lowest BCUT2D eigenvalue weighted by Crippen LogP contribution is -2.31. The molecule has 1 atom stereocenters. The van der Waals surface area contributed by atoms with Crippen molar-refractivity contribution in [1.29, 1.82) is 0 Å². The minimum Gasteiger partial charge on any atom is -0.461 e. The monoisotopic (exact) mass is 213 g/mol. The first kappa shape index (κ1) is 12.0. The summed E-state index contributed by atoms with van der Waals surface area (Å²) < 4.78 is 5.06. The van der Waals surface area contributed by atoms with Crippen molar-refractivity contribution in [3.63, 3.8) is 0 Å². The van der Waals surface area contributed by atoms with Crippen molar-refractivity contribution in [3.8, 4) is 0 Å². The molecule has 0 aromatic rings. The van der Waals surface area contributed by atoms with Gasteiger partial charge < -0.3 is 9.64 Å². The van der Waals surface area contributed by atoms with Gasteiger partial charge in [0, 0.05) is 26.3 Å². The maximum absolute atomic E-state index is 11.7. The number of hydrogen-bond acceptors (Lipinski definition) is 3. The number of likely N-dealkylation sites (tertiary alicyclic amines) is 1. The summed E-state index contributed by atoms with van der Waals surface area (Å²) in [5, 5.41) is 0. The van der Waals surface area contributed by atoms with Gasteiger partial charge >= 0.3 is 5.97 Å². The molecule has 0 aromatic carbocycles. The zero-order valence-corrected chi connectivity index (χ0v) is 9.66. The summed E-state index contributed by atoms with van der Waals surface area (Å²) in [5.74, 6) is 0.281. The van der Waals surface area contributed by atoms with Crippen LogP contribution >= 0.6 is 0 Å². The minimum atomic E-state index is -0.266. The van der Waals surface area contributed by atoms with E-state index < -0.39 is 0 Å². The molecule has 0 N–H and O–H groups in total. The van der Waals surface area contributed by atoms with E-state index in [-0.39, 0.29) is 18.0 Å². The van der Waals surface area contributed by atoms with E-state index in [2.05, 4.69) is 0 Å².